The maximum absolute atomic E-state index is 5.88. The van der Waals surface area contributed by atoms with Gasteiger partial charge in [0.05, 0.1) is 5.69 Å². The van der Waals surface area contributed by atoms with E-state index >= 15 is 0 Å². The van der Waals surface area contributed by atoms with E-state index in [2.05, 4.69) is 35.5 Å². The van der Waals surface area contributed by atoms with Crippen LogP contribution in [0.15, 0.2) is 66.9 Å². The molecule has 136 valence electrons. The molecule has 1 N–H and O–H groups in total. The van der Waals surface area contributed by atoms with Gasteiger partial charge in [0.15, 0.2) is 0 Å². The van der Waals surface area contributed by atoms with Gasteiger partial charge in [-0.1, -0.05) is 43.7 Å². The predicted octanol–water partition coefficient (Wildman–Crippen LogP) is 4.89. The number of aromatic nitrogens is 2. The van der Waals surface area contributed by atoms with Crippen LogP contribution >= 0.6 is 0 Å². The molecule has 0 aliphatic carbocycles. The number of nitrogens with one attached hydrogen (secondary N) is 1. The largest absolute Gasteiger partial charge is 0.457 e. The summed E-state index contributed by atoms with van der Waals surface area (Å²) in [6.07, 6.45) is 5.19. The molecule has 0 spiro atoms. The van der Waals surface area contributed by atoms with Crippen LogP contribution in [0.5, 0.6) is 11.5 Å². The van der Waals surface area contributed by atoms with Crippen molar-refractivity contribution in [2.75, 3.05) is 6.54 Å². The van der Waals surface area contributed by atoms with Crippen LogP contribution in [-0.4, -0.2) is 16.3 Å². The Kier molecular flexibility index (Phi) is 6.45. The number of aryl methyl sites for hydroxylation is 1. The van der Waals surface area contributed by atoms with Crippen LogP contribution in [-0.2, 0) is 13.5 Å². The fourth-order valence-corrected chi connectivity index (χ4v) is 3.04. The Hall–Kier alpha value is -2.59. The molecule has 0 fully saturated rings. The zero-order chi connectivity index (χ0) is 18.2. The zero-order valence-corrected chi connectivity index (χ0v) is 15.6. The SMILES string of the molecule is CCCC(NCCc1ccn(C)n1)c1ccc(Oc2ccccc2)cc1. The summed E-state index contributed by atoms with van der Waals surface area (Å²) >= 11 is 0. The van der Waals surface area contributed by atoms with E-state index < -0.39 is 0 Å². The second-order valence-electron chi connectivity index (χ2n) is 6.51. The minimum atomic E-state index is 0.356. The number of para-hydroxylation sites is 1. The predicted molar refractivity (Wildman–Crippen MR) is 106 cm³/mol. The van der Waals surface area contributed by atoms with Crippen LogP contribution in [0.4, 0.5) is 0 Å². The lowest BCUT2D eigenvalue weighted by molar-refractivity contribution is 0.478. The molecular weight excluding hydrogens is 322 g/mol. The average Bonchev–Trinajstić information content (AvgIpc) is 3.08. The van der Waals surface area contributed by atoms with Gasteiger partial charge in [0, 0.05) is 32.3 Å². The van der Waals surface area contributed by atoms with Crippen molar-refractivity contribution in [1.29, 1.82) is 0 Å². The Bertz CT molecular complexity index is 781. The van der Waals surface area contributed by atoms with E-state index in [1.54, 1.807) is 0 Å². The summed E-state index contributed by atoms with van der Waals surface area (Å²) in [7, 11) is 1.95. The first-order chi connectivity index (χ1) is 12.7. The Morgan fingerprint density at radius 2 is 1.73 bits per heavy atom. The summed E-state index contributed by atoms with van der Waals surface area (Å²) in [6, 6.07) is 20.7. The standard InChI is InChI=1S/C22H27N3O/c1-3-7-22(23-16-14-19-15-17-25(2)24-19)18-10-12-21(13-11-18)26-20-8-5-4-6-9-20/h4-6,8-13,15,17,22-23H,3,7,14,16H2,1-2H3. The molecule has 0 aliphatic heterocycles. The lowest BCUT2D eigenvalue weighted by atomic mass is 10.0. The van der Waals surface area contributed by atoms with Gasteiger partial charge in [0.25, 0.3) is 0 Å². The van der Waals surface area contributed by atoms with Crippen LogP contribution in [0.3, 0.4) is 0 Å². The van der Waals surface area contributed by atoms with Crippen molar-refractivity contribution in [3.05, 3.63) is 78.1 Å². The molecule has 4 heteroatoms. The first kappa shape index (κ1) is 18.2. The quantitative estimate of drug-likeness (QED) is 0.598. The summed E-state index contributed by atoms with van der Waals surface area (Å²) < 4.78 is 7.73. The molecule has 1 unspecified atom stereocenters. The van der Waals surface area contributed by atoms with Gasteiger partial charge in [-0.05, 0) is 42.3 Å². The van der Waals surface area contributed by atoms with Gasteiger partial charge < -0.3 is 10.1 Å². The van der Waals surface area contributed by atoms with Gasteiger partial charge in [-0.2, -0.15) is 5.10 Å². The van der Waals surface area contributed by atoms with Crippen LogP contribution in [0.1, 0.15) is 37.1 Å². The van der Waals surface area contributed by atoms with E-state index in [1.807, 2.05) is 60.4 Å². The summed E-state index contributed by atoms with van der Waals surface area (Å²) in [5.74, 6) is 1.72. The first-order valence-corrected chi connectivity index (χ1v) is 9.29. The molecule has 3 rings (SSSR count). The number of ether oxygens (including phenoxy) is 1. The lowest BCUT2D eigenvalue weighted by Crippen LogP contribution is -2.23. The van der Waals surface area contributed by atoms with E-state index in [-0.39, 0.29) is 0 Å². The Morgan fingerprint density at radius 1 is 1.00 bits per heavy atom. The Balaban J connectivity index is 1.58. The summed E-state index contributed by atoms with van der Waals surface area (Å²) in [4.78, 5) is 0. The Morgan fingerprint density at radius 3 is 2.38 bits per heavy atom. The van der Waals surface area contributed by atoms with Crippen LogP contribution in [0.25, 0.3) is 0 Å². The van der Waals surface area contributed by atoms with Crippen LogP contribution in [0, 0.1) is 0 Å². The smallest absolute Gasteiger partial charge is 0.127 e. The summed E-state index contributed by atoms with van der Waals surface area (Å²) in [5.41, 5.74) is 2.43. The van der Waals surface area contributed by atoms with Gasteiger partial charge in [0.2, 0.25) is 0 Å². The highest BCUT2D eigenvalue weighted by Crippen LogP contribution is 2.25. The molecule has 2 aromatic carbocycles. The lowest BCUT2D eigenvalue weighted by Gasteiger charge is -2.19. The molecule has 3 aromatic rings. The van der Waals surface area contributed by atoms with Crippen molar-refractivity contribution in [1.82, 2.24) is 15.1 Å². The minimum absolute atomic E-state index is 0.356. The van der Waals surface area contributed by atoms with Crippen LogP contribution < -0.4 is 10.1 Å². The second kappa shape index (κ2) is 9.20. The fourth-order valence-electron chi connectivity index (χ4n) is 3.04. The third-order valence-electron chi connectivity index (χ3n) is 4.38. The number of benzene rings is 2. The third kappa shape index (κ3) is 5.20. The van der Waals surface area contributed by atoms with E-state index in [4.69, 9.17) is 4.74 Å². The third-order valence-corrected chi connectivity index (χ3v) is 4.38. The summed E-state index contributed by atoms with van der Waals surface area (Å²) in [6.45, 7) is 3.14. The molecule has 26 heavy (non-hydrogen) atoms. The van der Waals surface area contributed by atoms with Gasteiger partial charge >= 0.3 is 0 Å². The van der Waals surface area contributed by atoms with E-state index in [0.29, 0.717) is 6.04 Å². The van der Waals surface area contributed by atoms with Crippen LogP contribution in [0.2, 0.25) is 0 Å². The van der Waals surface area contributed by atoms with Crippen molar-refractivity contribution in [2.45, 2.75) is 32.2 Å². The molecule has 0 saturated carbocycles. The number of nitrogens with zero attached hydrogens (tertiary/aromatic N) is 2. The van der Waals surface area contributed by atoms with Crippen molar-refractivity contribution < 1.29 is 4.74 Å². The van der Waals surface area contributed by atoms with Crippen molar-refractivity contribution in [3.8, 4) is 11.5 Å². The molecule has 0 saturated heterocycles. The highest BCUT2D eigenvalue weighted by molar-refractivity contribution is 5.34. The molecule has 4 nitrogen and oxygen atoms in total. The van der Waals surface area contributed by atoms with Crippen molar-refractivity contribution in [2.24, 2.45) is 7.05 Å². The highest BCUT2D eigenvalue weighted by atomic mass is 16.5. The first-order valence-electron chi connectivity index (χ1n) is 9.29. The molecule has 0 radical (unpaired) electrons. The second-order valence-corrected chi connectivity index (χ2v) is 6.51. The highest BCUT2D eigenvalue weighted by Gasteiger charge is 2.10. The average molecular weight is 349 g/mol. The molecule has 0 amide bonds. The zero-order valence-electron chi connectivity index (χ0n) is 15.6. The van der Waals surface area contributed by atoms with Gasteiger partial charge in [-0.3, -0.25) is 4.68 Å². The maximum Gasteiger partial charge on any atom is 0.127 e. The number of rotatable bonds is 9. The van der Waals surface area contributed by atoms with Gasteiger partial charge in [-0.15, -0.1) is 0 Å². The molecule has 1 atom stereocenters. The minimum Gasteiger partial charge on any atom is -0.457 e. The molecular formula is C22H27N3O. The fraction of sp³-hybridized carbons (Fsp3) is 0.318. The number of hydrogen-bond acceptors (Lipinski definition) is 3. The molecule has 1 aromatic heterocycles. The normalized spacial score (nSPS) is 12.1. The topological polar surface area (TPSA) is 39.1 Å². The van der Waals surface area contributed by atoms with E-state index in [9.17, 15) is 0 Å². The molecule has 0 bridgehead atoms. The van der Waals surface area contributed by atoms with E-state index in [1.165, 1.54) is 5.56 Å². The molecule has 1 heterocycles. The molecule has 0 aliphatic rings. The van der Waals surface area contributed by atoms with Gasteiger partial charge in [-0.25, -0.2) is 0 Å². The maximum atomic E-state index is 5.88. The monoisotopic (exact) mass is 349 g/mol. The number of hydrogen-bond donors (Lipinski definition) is 1. The van der Waals surface area contributed by atoms with Gasteiger partial charge in [0.1, 0.15) is 11.5 Å². The summed E-state index contributed by atoms with van der Waals surface area (Å²) in [5, 5.41) is 8.11. The van der Waals surface area contributed by atoms with Crippen molar-refractivity contribution >= 4 is 0 Å². The Labute approximate surface area is 155 Å². The van der Waals surface area contributed by atoms with E-state index in [0.717, 1.165) is 43.0 Å². The van der Waals surface area contributed by atoms with Crippen molar-refractivity contribution in [3.63, 3.8) is 0 Å².